The van der Waals surface area contributed by atoms with E-state index in [1.54, 1.807) is 32.9 Å². The lowest BCUT2D eigenvalue weighted by atomic mass is 9.66. The van der Waals surface area contributed by atoms with Crippen molar-refractivity contribution in [3.05, 3.63) is 45.4 Å². The molecule has 8 nitrogen and oxygen atoms in total. The summed E-state index contributed by atoms with van der Waals surface area (Å²) >= 11 is 0. The molecule has 27 heavy (non-hydrogen) atoms. The molecular weight excluding hydrogens is 352 g/mol. The van der Waals surface area contributed by atoms with Crippen LogP contribution in [0, 0.1) is 5.92 Å². The highest BCUT2D eigenvalue weighted by molar-refractivity contribution is 5.77. The monoisotopic (exact) mass is 376 g/mol. The normalized spacial score (nSPS) is 24.5. The van der Waals surface area contributed by atoms with Crippen LogP contribution in [0.5, 0.6) is 11.5 Å². The number of nitrogens with one attached hydrogen (secondary N) is 2. The molecule has 1 aromatic heterocycles. The lowest BCUT2D eigenvalue weighted by molar-refractivity contribution is -0.163. The number of fused-ring (bicyclic) bond motifs is 1. The number of aromatic amines is 2. The number of carbonyl (C=O) groups is 1. The minimum Gasteiger partial charge on any atom is -0.504 e. The summed E-state index contributed by atoms with van der Waals surface area (Å²) in [5.74, 6) is -2.20. The molecule has 4 N–H and O–H groups in total. The van der Waals surface area contributed by atoms with Crippen LogP contribution < -0.4 is 10.3 Å². The molecule has 1 aromatic carbocycles. The summed E-state index contributed by atoms with van der Waals surface area (Å²) in [6.07, 6.45) is -0.265. The molecule has 146 valence electrons. The van der Waals surface area contributed by atoms with Gasteiger partial charge in [0.05, 0.1) is 24.7 Å². The zero-order valence-corrected chi connectivity index (χ0v) is 15.7. The summed E-state index contributed by atoms with van der Waals surface area (Å²) in [4.78, 5) is 25.4. The predicted molar refractivity (Wildman–Crippen MR) is 97.0 cm³/mol. The minimum absolute atomic E-state index is 0.0617. The van der Waals surface area contributed by atoms with Crippen molar-refractivity contribution in [3.8, 4) is 11.5 Å². The number of phenols is 1. The fourth-order valence-electron chi connectivity index (χ4n) is 3.81. The van der Waals surface area contributed by atoms with Crippen LogP contribution in [0.4, 0.5) is 0 Å². The summed E-state index contributed by atoms with van der Waals surface area (Å²) in [5, 5.41) is 26.3. The molecule has 8 heteroatoms. The molecule has 2 aromatic rings. The van der Waals surface area contributed by atoms with E-state index < -0.39 is 23.4 Å². The van der Waals surface area contributed by atoms with Crippen molar-refractivity contribution in [2.24, 2.45) is 5.92 Å². The van der Waals surface area contributed by atoms with Crippen molar-refractivity contribution >= 4 is 5.97 Å². The number of aromatic nitrogens is 2. The summed E-state index contributed by atoms with van der Waals surface area (Å²) in [5.41, 5.74) is -0.336. The Morgan fingerprint density at radius 2 is 2.04 bits per heavy atom. The standard InChI is InChI=1S/C19H24N2O6/c1-9(2)27-18(24)16-14(10-5-6-12(22)13(7-10)26-4)15-11(8-19(16,3)25)20-21-17(15)23/h5-7,9,14,16,22,25H,8H2,1-4H3,(H2,20,21,23)/t14-,16-,19-/m1/s1. The van der Waals surface area contributed by atoms with Crippen molar-refractivity contribution in [1.29, 1.82) is 0 Å². The molecule has 1 aliphatic rings. The summed E-state index contributed by atoms with van der Waals surface area (Å²) in [6.45, 7) is 5.00. The van der Waals surface area contributed by atoms with E-state index in [-0.39, 0.29) is 29.6 Å². The Hall–Kier alpha value is -2.74. The Kier molecular flexibility index (Phi) is 4.77. The first-order chi connectivity index (χ1) is 12.7. The van der Waals surface area contributed by atoms with Gasteiger partial charge in [-0.25, -0.2) is 0 Å². The van der Waals surface area contributed by atoms with Gasteiger partial charge in [-0.2, -0.15) is 0 Å². The second kappa shape index (κ2) is 6.77. The molecule has 0 saturated heterocycles. The van der Waals surface area contributed by atoms with Crippen molar-refractivity contribution in [1.82, 2.24) is 10.2 Å². The Labute approximate surface area is 156 Å². The quantitative estimate of drug-likeness (QED) is 0.598. The zero-order chi connectivity index (χ0) is 19.9. The largest absolute Gasteiger partial charge is 0.504 e. The highest BCUT2D eigenvalue weighted by atomic mass is 16.5. The minimum atomic E-state index is -1.44. The van der Waals surface area contributed by atoms with Gasteiger partial charge in [-0.1, -0.05) is 6.07 Å². The average molecular weight is 376 g/mol. The number of benzene rings is 1. The number of carbonyl (C=O) groups excluding carboxylic acids is 1. The number of hydrogen-bond acceptors (Lipinski definition) is 6. The number of ether oxygens (including phenoxy) is 2. The van der Waals surface area contributed by atoms with E-state index in [2.05, 4.69) is 10.2 Å². The van der Waals surface area contributed by atoms with Crippen molar-refractivity contribution in [2.75, 3.05) is 7.11 Å². The first kappa shape index (κ1) is 19.0. The fraction of sp³-hybridized carbons (Fsp3) is 0.474. The van der Waals surface area contributed by atoms with Gasteiger partial charge in [0.2, 0.25) is 0 Å². The van der Waals surface area contributed by atoms with E-state index >= 15 is 0 Å². The number of hydrogen-bond donors (Lipinski definition) is 4. The summed E-state index contributed by atoms with van der Waals surface area (Å²) < 4.78 is 10.6. The Bertz CT molecular complexity index is 911. The molecule has 0 radical (unpaired) electrons. The number of aromatic hydroxyl groups is 1. The second-order valence-corrected chi connectivity index (χ2v) is 7.38. The lowest BCUT2D eigenvalue weighted by Crippen LogP contribution is -2.50. The summed E-state index contributed by atoms with van der Waals surface area (Å²) in [6, 6.07) is 4.60. The smallest absolute Gasteiger partial charge is 0.313 e. The molecule has 0 bridgehead atoms. The highest BCUT2D eigenvalue weighted by Gasteiger charge is 2.51. The van der Waals surface area contributed by atoms with Crippen LogP contribution in [0.2, 0.25) is 0 Å². The van der Waals surface area contributed by atoms with Crippen LogP contribution in [0.25, 0.3) is 0 Å². The van der Waals surface area contributed by atoms with Gasteiger partial charge in [-0.3, -0.25) is 14.7 Å². The zero-order valence-electron chi connectivity index (χ0n) is 15.7. The molecule has 0 unspecified atom stereocenters. The van der Waals surface area contributed by atoms with Crippen LogP contribution in [0.3, 0.4) is 0 Å². The van der Waals surface area contributed by atoms with Crippen LogP contribution in [-0.2, 0) is 16.0 Å². The molecular formula is C19H24N2O6. The number of rotatable bonds is 4. The molecule has 3 atom stereocenters. The van der Waals surface area contributed by atoms with Gasteiger partial charge in [-0.15, -0.1) is 0 Å². The first-order valence-corrected chi connectivity index (χ1v) is 8.75. The van der Waals surface area contributed by atoms with E-state index in [1.807, 2.05) is 0 Å². The van der Waals surface area contributed by atoms with Gasteiger partial charge >= 0.3 is 5.97 Å². The van der Waals surface area contributed by atoms with Gasteiger partial charge in [0, 0.05) is 23.6 Å². The molecule has 0 spiro atoms. The van der Waals surface area contributed by atoms with Gasteiger partial charge in [-0.05, 0) is 38.5 Å². The fourth-order valence-corrected chi connectivity index (χ4v) is 3.81. The molecule has 3 rings (SSSR count). The maximum Gasteiger partial charge on any atom is 0.313 e. The van der Waals surface area contributed by atoms with Crippen molar-refractivity contribution in [2.45, 2.75) is 44.8 Å². The maximum absolute atomic E-state index is 12.9. The number of esters is 1. The third-order valence-electron chi connectivity index (χ3n) is 4.91. The van der Waals surface area contributed by atoms with E-state index in [1.165, 1.54) is 13.2 Å². The lowest BCUT2D eigenvalue weighted by Gasteiger charge is -2.40. The number of phenolic OH excluding ortho intramolecular Hbond substituents is 1. The van der Waals surface area contributed by atoms with Gasteiger partial charge in [0.25, 0.3) is 5.56 Å². The number of aliphatic hydroxyl groups is 1. The topological polar surface area (TPSA) is 125 Å². The third kappa shape index (κ3) is 3.32. The van der Waals surface area contributed by atoms with Crippen molar-refractivity contribution in [3.63, 3.8) is 0 Å². The maximum atomic E-state index is 12.9. The number of methoxy groups -OCH3 is 1. The molecule has 0 aliphatic heterocycles. The SMILES string of the molecule is COc1cc([C@@H]2c3c([nH][nH]c3=O)C[C@@](C)(O)[C@H]2C(=O)OC(C)C)ccc1O. The molecule has 0 saturated carbocycles. The van der Waals surface area contributed by atoms with Gasteiger partial charge in [0.15, 0.2) is 11.5 Å². The number of H-pyrrole nitrogens is 2. The Balaban J connectivity index is 2.22. The van der Waals surface area contributed by atoms with E-state index in [9.17, 15) is 19.8 Å². The third-order valence-corrected chi connectivity index (χ3v) is 4.91. The predicted octanol–water partition coefficient (Wildman–Crippen LogP) is 1.42. The highest BCUT2D eigenvalue weighted by Crippen LogP contribution is 2.46. The van der Waals surface area contributed by atoms with E-state index in [0.29, 0.717) is 16.8 Å². The van der Waals surface area contributed by atoms with Crippen LogP contribution in [0.15, 0.2) is 23.0 Å². The van der Waals surface area contributed by atoms with Gasteiger partial charge < -0.3 is 24.8 Å². The van der Waals surface area contributed by atoms with E-state index in [0.717, 1.165) is 0 Å². The van der Waals surface area contributed by atoms with Gasteiger partial charge in [0.1, 0.15) is 0 Å². The second-order valence-electron chi connectivity index (χ2n) is 7.38. The van der Waals surface area contributed by atoms with Crippen LogP contribution in [0.1, 0.15) is 43.5 Å². The first-order valence-electron chi connectivity index (χ1n) is 8.75. The molecule has 0 amide bonds. The Morgan fingerprint density at radius 3 is 2.67 bits per heavy atom. The van der Waals surface area contributed by atoms with Crippen LogP contribution in [-0.4, -0.2) is 45.2 Å². The average Bonchev–Trinajstić information content (AvgIpc) is 2.92. The molecule has 1 aliphatic carbocycles. The Morgan fingerprint density at radius 1 is 1.33 bits per heavy atom. The van der Waals surface area contributed by atoms with Crippen molar-refractivity contribution < 1.29 is 24.5 Å². The molecule has 0 fully saturated rings. The van der Waals surface area contributed by atoms with Crippen LogP contribution >= 0.6 is 0 Å². The van der Waals surface area contributed by atoms with E-state index in [4.69, 9.17) is 9.47 Å². The summed E-state index contributed by atoms with van der Waals surface area (Å²) in [7, 11) is 1.41. The molecule has 1 heterocycles.